The molecule has 1 aromatic carbocycles. The fourth-order valence-electron chi connectivity index (χ4n) is 3.52. The van der Waals surface area contributed by atoms with Crippen LogP contribution in [0.3, 0.4) is 0 Å². The van der Waals surface area contributed by atoms with E-state index >= 15 is 0 Å². The van der Waals surface area contributed by atoms with Crippen LogP contribution >= 0.6 is 0 Å². The van der Waals surface area contributed by atoms with Gasteiger partial charge < -0.3 is 44.3 Å². The van der Waals surface area contributed by atoms with E-state index in [1.165, 1.54) is 44.2 Å². The summed E-state index contributed by atoms with van der Waals surface area (Å²) in [6.07, 6.45) is -3.72. The Hall–Kier alpha value is -3.63. The SMILES string of the molecule is COC(=O)COc1cc(-n2cc(CO[C@H]3OC(CO)[C@@H](O)C(O)[C@@H]3NC(C)=O)nn2)ccc1C(=O)OC. The van der Waals surface area contributed by atoms with Crippen LogP contribution in [0.4, 0.5) is 0 Å². The summed E-state index contributed by atoms with van der Waals surface area (Å²) in [5.74, 6) is -1.75. The fraction of sp³-hybridized carbons (Fsp3) is 0.500. The number of ether oxygens (including phenoxy) is 5. The summed E-state index contributed by atoms with van der Waals surface area (Å²) in [4.78, 5) is 35.1. The predicted octanol–water partition coefficient (Wildman–Crippen LogP) is -1.93. The summed E-state index contributed by atoms with van der Waals surface area (Å²) < 4.78 is 27.2. The maximum Gasteiger partial charge on any atom is 0.343 e. The van der Waals surface area contributed by atoms with Gasteiger partial charge in [0.2, 0.25) is 5.91 Å². The minimum absolute atomic E-state index is 0.0550. The van der Waals surface area contributed by atoms with Gasteiger partial charge in [-0.05, 0) is 12.1 Å². The third-order valence-electron chi connectivity index (χ3n) is 5.40. The third-order valence-corrected chi connectivity index (χ3v) is 5.40. The van der Waals surface area contributed by atoms with E-state index in [2.05, 4.69) is 20.4 Å². The second-order valence-electron chi connectivity index (χ2n) is 7.94. The molecule has 5 atom stereocenters. The minimum atomic E-state index is -1.45. The number of carbonyl (C=O) groups excluding carboxylic acids is 3. The molecule has 1 saturated heterocycles. The lowest BCUT2D eigenvalue weighted by Crippen LogP contribution is -2.64. The summed E-state index contributed by atoms with van der Waals surface area (Å²) in [7, 11) is 2.41. The van der Waals surface area contributed by atoms with Gasteiger partial charge in [0.25, 0.3) is 0 Å². The second-order valence-corrected chi connectivity index (χ2v) is 7.94. The van der Waals surface area contributed by atoms with Gasteiger partial charge in [0.15, 0.2) is 12.9 Å². The van der Waals surface area contributed by atoms with Crippen molar-refractivity contribution in [3.63, 3.8) is 0 Å². The van der Waals surface area contributed by atoms with E-state index in [9.17, 15) is 29.7 Å². The normalized spacial score (nSPS) is 23.2. The average Bonchev–Trinajstić information content (AvgIpc) is 3.37. The number of methoxy groups -OCH3 is 2. The smallest absolute Gasteiger partial charge is 0.343 e. The fourth-order valence-corrected chi connectivity index (χ4v) is 3.52. The number of esters is 2. The summed E-state index contributed by atoms with van der Waals surface area (Å²) >= 11 is 0. The van der Waals surface area contributed by atoms with Crippen molar-refractivity contribution < 1.29 is 53.4 Å². The molecule has 1 aliphatic heterocycles. The number of nitrogens with one attached hydrogen (secondary N) is 1. The van der Waals surface area contributed by atoms with E-state index < -0.39 is 61.7 Å². The van der Waals surface area contributed by atoms with Crippen molar-refractivity contribution in [2.24, 2.45) is 0 Å². The number of carbonyl (C=O) groups is 3. The summed E-state index contributed by atoms with van der Waals surface area (Å²) in [6.45, 7) is 0.0395. The number of rotatable bonds is 10. The van der Waals surface area contributed by atoms with E-state index in [1.807, 2.05) is 0 Å². The molecule has 0 aliphatic carbocycles. The second kappa shape index (κ2) is 12.6. The van der Waals surface area contributed by atoms with Crippen LogP contribution in [-0.2, 0) is 35.1 Å². The Morgan fingerprint density at radius 2 is 1.92 bits per heavy atom. The molecule has 1 aliphatic rings. The van der Waals surface area contributed by atoms with Gasteiger partial charge in [-0.3, -0.25) is 4.79 Å². The highest BCUT2D eigenvalue weighted by molar-refractivity contribution is 5.93. The molecule has 2 unspecified atom stereocenters. The zero-order valence-corrected chi connectivity index (χ0v) is 20.3. The van der Waals surface area contributed by atoms with Crippen LogP contribution in [0.5, 0.6) is 5.75 Å². The molecule has 37 heavy (non-hydrogen) atoms. The lowest BCUT2D eigenvalue weighted by Gasteiger charge is -2.42. The molecule has 0 radical (unpaired) electrons. The quantitative estimate of drug-likeness (QED) is 0.251. The van der Waals surface area contributed by atoms with E-state index in [0.29, 0.717) is 11.4 Å². The zero-order chi connectivity index (χ0) is 27.1. The molecule has 0 spiro atoms. The van der Waals surface area contributed by atoms with Gasteiger partial charge in [-0.25, -0.2) is 14.3 Å². The molecule has 2 aromatic rings. The maximum atomic E-state index is 12.1. The van der Waals surface area contributed by atoms with Crippen LogP contribution in [-0.4, -0.2) is 106 Å². The molecule has 0 bridgehead atoms. The van der Waals surface area contributed by atoms with E-state index in [-0.39, 0.29) is 17.9 Å². The number of benzene rings is 1. The van der Waals surface area contributed by atoms with Crippen molar-refractivity contribution in [2.45, 2.75) is 44.2 Å². The number of nitrogens with zero attached hydrogens (tertiary/aromatic N) is 3. The van der Waals surface area contributed by atoms with Crippen LogP contribution in [0.25, 0.3) is 5.69 Å². The molecular formula is C22H28N4O11. The van der Waals surface area contributed by atoms with Gasteiger partial charge in [0.1, 0.15) is 41.4 Å². The number of aromatic nitrogens is 3. The van der Waals surface area contributed by atoms with E-state index in [1.54, 1.807) is 6.07 Å². The van der Waals surface area contributed by atoms with Crippen LogP contribution in [0, 0.1) is 0 Å². The Morgan fingerprint density at radius 1 is 1.16 bits per heavy atom. The van der Waals surface area contributed by atoms with Gasteiger partial charge in [-0.1, -0.05) is 5.21 Å². The molecule has 4 N–H and O–H groups in total. The molecule has 202 valence electrons. The van der Waals surface area contributed by atoms with Crippen molar-refractivity contribution in [1.82, 2.24) is 20.3 Å². The lowest BCUT2D eigenvalue weighted by molar-refractivity contribution is -0.273. The molecule has 1 aromatic heterocycles. The molecule has 2 heterocycles. The van der Waals surface area contributed by atoms with Crippen molar-refractivity contribution in [3.8, 4) is 11.4 Å². The molecule has 15 heteroatoms. The summed E-state index contributed by atoms with van der Waals surface area (Å²) in [5, 5.41) is 40.4. The molecule has 15 nitrogen and oxygen atoms in total. The first-order valence-electron chi connectivity index (χ1n) is 11.0. The van der Waals surface area contributed by atoms with Crippen molar-refractivity contribution in [3.05, 3.63) is 35.7 Å². The number of aliphatic hydroxyl groups is 3. The summed E-state index contributed by atoms with van der Waals surface area (Å²) in [6, 6.07) is 3.33. The standard InChI is InChI=1S/C22H28N4O11/c1-11(28)23-18-20(31)19(30)16(8-27)37-22(18)36-9-12-7-26(25-24-12)13-4-5-14(21(32)34-3)15(6-13)35-10-17(29)33-2/h4-7,16,18-20,22,27,30-31H,8-10H2,1-3H3,(H,23,28)/t16?,18-,19+,20?,22-/m0/s1. The average molecular weight is 524 g/mol. The van der Waals surface area contributed by atoms with Gasteiger partial charge in [-0.2, -0.15) is 0 Å². The topological polar surface area (TPSA) is 201 Å². The van der Waals surface area contributed by atoms with Crippen molar-refractivity contribution >= 4 is 17.8 Å². The van der Waals surface area contributed by atoms with Crippen LogP contribution < -0.4 is 10.1 Å². The maximum absolute atomic E-state index is 12.1. The number of hydrogen-bond acceptors (Lipinski definition) is 13. The first-order valence-corrected chi connectivity index (χ1v) is 11.0. The molecular weight excluding hydrogens is 496 g/mol. The minimum Gasteiger partial charge on any atom is -0.481 e. The monoisotopic (exact) mass is 524 g/mol. The largest absolute Gasteiger partial charge is 0.481 e. The molecule has 0 saturated carbocycles. The Morgan fingerprint density at radius 3 is 2.57 bits per heavy atom. The zero-order valence-electron chi connectivity index (χ0n) is 20.3. The van der Waals surface area contributed by atoms with E-state index in [4.69, 9.17) is 18.9 Å². The van der Waals surface area contributed by atoms with Crippen LogP contribution in [0.2, 0.25) is 0 Å². The number of aliphatic hydroxyl groups excluding tert-OH is 3. The Kier molecular flexibility index (Phi) is 9.48. The highest BCUT2D eigenvalue weighted by Gasteiger charge is 2.45. The number of hydrogen-bond donors (Lipinski definition) is 4. The van der Waals surface area contributed by atoms with Gasteiger partial charge in [0.05, 0.1) is 39.3 Å². The van der Waals surface area contributed by atoms with Crippen molar-refractivity contribution in [2.75, 3.05) is 27.4 Å². The Labute approximate surface area is 210 Å². The van der Waals surface area contributed by atoms with Gasteiger partial charge >= 0.3 is 11.9 Å². The van der Waals surface area contributed by atoms with E-state index in [0.717, 1.165) is 0 Å². The molecule has 1 amide bonds. The van der Waals surface area contributed by atoms with Crippen molar-refractivity contribution in [1.29, 1.82) is 0 Å². The first-order chi connectivity index (χ1) is 17.7. The third kappa shape index (κ3) is 6.78. The number of amides is 1. The highest BCUT2D eigenvalue weighted by atomic mass is 16.7. The van der Waals surface area contributed by atoms with Gasteiger partial charge in [-0.15, -0.1) is 5.10 Å². The Bertz CT molecular complexity index is 1110. The highest BCUT2D eigenvalue weighted by Crippen LogP contribution is 2.25. The summed E-state index contributed by atoms with van der Waals surface area (Å²) in [5.41, 5.74) is 0.826. The predicted molar refractivity (Wildman–Crippen MR) is 120 cm³/mol. The lowest BCUT2D eigenvalue weighted by atomic mass is 9.97. The van der Waals surface area contributed by atoms with Crippen LogP contribution in [0.1, 0.15) is 23.0 Å². The van der Waals surface area contributed by atoms with Gasteiger partial charge in [0, 0.05) is 13.0 Å². The van der Waals surface area contributed by atoms with Crippen LogP contribution in [0.15, 0.2) is 24.4 Å². The molecule has 3 rings (SSSR count). The first kappa shape index (κ1) is 27.9. The Balaban J connectivity index is 1.76. The molecule has 1 fully saturated rings.